The van der Waals surface area contributed by atoms with Gasteiger partial charge in [0.15, 0.2) is 22.4 Å². The fourth-order valence-electron chi connectivity index (χ4n) is 2.69. The third kappa shape index (κ3) is 2.56. The number of nitrogens with one attached hydrogen (secondary N) is 2. The quantitative estimate of drug-likeness (QED) is 0.561. The number of anilines is 1. The first kappa shape index (κ1) is 15.5. The smallest absolute Gasteiger partial charge is 0.229 e. The Kier molecular flexibility index (Phi) is 3.50. The van der Waals surface area contributed by atoms with E-state index in [1.54, 1.807) is 17.0 Å². The Labute approximate surface area is 156 Å². The Morgan fingerprint density at radius 2 is 2.19 bits per heavy atom. The number of amides is 1. The first-order valence-electron chi connectivity index (χ1n) is 8.02. The van der Waals surface area contributed by atoms with Gasteiger partial charge in [-0.05, 0) is 25.0 Å². The van der Waals surface area contributed by atoms with Crippen molar-refractivity contribution in [2.75, 3.05) is 5.32 Å². The predicted octanol–water partition coefficient (Wildman–Crippen LogP) is 3.27. The molecule has 4 aromatic rings. The van der Waals surface area contributed by atoms with Gasteiger partial charge in [-0.25, -0.2) is 4.98 Å². The molecule has 0 bridgehead atoms. The second kappa shape index (κ2) is 5.89. The second-order valence-corrected chi connectivity index (χ2v) is 7.42. The molecule has 1 fully saturated rings. The Hall–Kier alpha value is -2.78. The van der Waals surface area contributed by atoms with E-state index in [1.807, 2.05) is 18.2 Å². The number of halogens is 1. The van der Waals surface area contributed by atoms with Gasteiger partial charge in [-0.2, -0.15) is 5.10 Å². The number of fused-ring (bicyclic) bond motifs is 1. The Balaban J connectivity index is 1.56. The summed E-state index contributed by atoms with van der Waals surface area (Å²) in [5.74, 6) is 1.35. The standard InChI is InChI=1S/C16H12ClN7OS/c17-10-4-2-1-3-9(10)13-22-18-7-24(13)14-11-12(21-23-14)19-16(26-11)20-15(25)8-5-6-8/h1-4,7-8H,5-6H2,(H2,19,20,21,23,25). The van der Waals surface area contributed by atoms with Crippen LogP contribution in [-0.2, 0) is 4.79 Å². The zero-order valence-corrected chi connectivity index (χ0v) is 14.9. The molecule has 0 atom stereocenters. The van der Waals surface area contributed by atoms with E-state index in [1.165, 1.54) is 11.3 Å². The van der Waals surface area contributed by atoms with Crippen molar-refractivity contribution >= 4 is 44.3 Å². The minimum absolute atomic E-state index is 0.0250. The molecular weight excluding hydrogens is 374 g/mol. The zero-order valence-electron chi connectivity index (χ0n) is 13.3. The maximum absolute atomic E-state index is 12.0. The minimum Gasteiger partial charge on any atom is -0.302 e. The van der Waals surface area contributed by atoms with Crippen LogP contribution in [0.1, 0.15) is 12.8 Å². The summed E-state index contributed by atoms with van der Waals surface area (Å²) in [4.78, 5) is 16.4. The number of carbonyl (C=O) groups is 1. The summed E-state index contributed by atoms with van der Waals surface area (Å²) in [5.41, 5.74) is 1.37. The summed E-state index contributed by atoms with van der Waals surface area (Å²) >= 11 is 7.66. The van der Waals surface area contributed by atoms with E-state index in [9.17, 15) is 4.79 Å². The molecule has 26 heavy (non-hydrogen) atoms. The van der Waals surface area contributed by atoms with Crippen LogP contribution in [-0.4, -0.2) is 35.9 Å². The highest BCUT2D eigenvalue weighted by Gasteiger charge is 2.30. The van der Waals surface area contributed by atoms with Crippen molar-refractivity contribution in [1.29, 1.82) is 0 Å². The van der Waals surface area contributed by atoms with Gasteiger partial charge in [-0.1, -0.05) is 35.1 Å². The molecule has 10 heteroatoms. The van der Waals surface area contributed by atoms with Crippen LogP contribution in [0.4, 0.5) is 5.13 Å². The molecular formula is C16H12ClN7OS. The Morgan fingerprint density at radius 3 is 3.00 bits per heavy atom. The lowest BCUT2D eigenvalue weighted by molar-refractivity contribution is -0.117. The summed E-state index contributed by atoms with van der Waals surface area (Å²) < 4.78 is 2.56. The van der Waals surface area contributed by atoms with E-state index < -0.39 is 0 Å². The van der Waals surface area contributed by atoms with Gasteiger partial charge in [0.1, 0.15) is 11.0 Å². The molecule has 1 aromatic carbocycles. The van der Waals surface area contributed by atoms with Gasteiger partial charge in [0.25, 0.3) is 0 Å². The number of benzene rings is 1. The summed E-state index contributed by atoms with van der Waals surface area (Å²) in [6.45, 7) is 0. The third-order valence-electron chi connectivity index (χ3n) is 4.17. The molecule has 5 rings (SSSR count). The average Bonchev–Trinajstić information content (AvgIpc) is 3.06. The summed E-state index contributed by atoms with van der Waals surface area (Å²) in [7, 11) is 0. The van der Waals surface area contributed by atoms with Crippen LogP contribution in [0.2, 0.25) is 5.02 Å². The molecule has 1 saturated carbocycles. The van der Waals surface area contributed by atoms with Crippen LogP contribution >= 0.6 is 22.9 Å². The number of carbonyl (C=O) groups excluding carboxylic acids is 1. The van der Waals surface area contributed by atoms with Gasteiger partial charge in [-0.15, -0.1) is 10.2 Å². The molecule has 1 aliphatic carbocycles. The maximum atomic E-state index is 12.0. The minimum atomic E-state index is 0.0250. The fraction of sp³-hybridized carbons (Fsp3) is 0.188. The lowest BCUT2D eigenvalue weighted by Crippen LogP contribution is -2.12. The topological polar surface area (TPSA) is 101 Å². The fourth-order valence-corrected chi connectivity index (χ4v) is 3.82. The lowest BCUT2D eigenvalue weighted by atomic mass is 10.2. The summed E-state index contributed by atoms with van der Waals surface area (Å²) in [6.07, 6.45) is 3.48. The molecule has 0 unspecified atom stereocenters. The molecule has 0 spiro atoms. The van der Waals surface area contributed by atoms with E-state index >= 15 is 0 Å². The van der Waals surface area contributed by atoms with Crippen molar-refractivity contribution in [1.82, 2.24) is 29.9 Å². The highest BCUT2D eigenvalue weighted by molar-refractivity contribution is 7.22. The van der Waals surface area contributed by atoms with Gasteiger partial charge < -0.3 is 5.32 Å². The molecule has 2 N–H and O–H groups in total. The molecule has 1 amide bonds. The number of nitrogens with zero attached hydrogens (tertiary/aromatic N) is 5. The van der Waals surface area contributed by atoms with Crippen molar-refractivity contribution in [3.8, 4) is 17.2 Å². The molecule has 8 nitrogen and oxygen atoms in total. The van der Waals surface area contributed by atoms with Gasteiger partial charge in [0.2, 0.25) is 5.91 Å². The second-order valence-electron chi connectivity index (χ2n) is 6.01. The van der Waals surface area contributed by atoms with Gasteiger partial charge in [0, 0.05) is 11.5 Å². The maximum Gasteiger partial charge on any atom is 0.229 e. The van der Waals surface area contributed by atoms with Crippen molar-refractivity contribution in [2.45, 2.75) is 12.8 Å². The number of thiazole rings is 1. The van der Waals surface area contributed by atoms with Crippen LogP contribution in [0.5, 0.6) is 0 Å². The normalized spacial score (nSPS) is 14.0. The molecule has 130 valence electrons. The number of hydrogen-bond acceptors (Lipinski definition) is 6. The molecule has 1 aliphatic rings. The van der Waals surface area contributed by atoms with Crippen molar-refractivity contribution in [2.24, 2.45) is 5.92 Å². The first-order chi connectivity index (χ1) is 12.7. The average molecular weight is 386 g/mol. The van der Waals surface area contributed by atoms with Crippen LogP contribution in [0.25, 0.3) is 27.6 Å². The van der Waals surface area contributed by atoms with Crippen LogP contribution < -0.4 is 5.32 Å². The summed E-state index contributed by atoms with van der Waals surface area (Å²) in [5, 5.41) is 19.4. The molecule has 0 radical (unpaired) electrons. The van der Waals surface area contributed by atoms with Gasteiger partial charge >= 0.3 is 0 Å². The highest BCUT2D eigenvalue weighted by Crippen LogP contribution is 2.35. The van der Waals surface area contributed by atoms with E-state index in [4.69, 9.17) is 11.6 Å². The zero-order chi connectivity index (χ0) is 17.7. The van der Waals surface area contributed by atoms with Crippen LogP contribution in [0.15, 0.2) is 30.6 Å². The number of H-pyrrole nitrogens is 1. The third-order valence-corrected chi connectivity index (χ3v) is 5.46. The van der Waals surface area contributed by atoms with Crippen LogP contribution in [0, 0.1) is 5.92 Å². The van der Waals surface area contributed by atoms with E-state index in [0.717, 1.165) is 23.1 Å². The highest BCUT2D eigenvalue weighted by atomic mass is 35.5. The number of rotatable bonds is 4. The van der Waals surface area contributed by atoms with E-state index in [2.05, 4.69) is 30.7 Å². The lowest BCUT2D eigenvalue weighted by Gasteiger charge is -2.05. The monoisotopic (exact) mass is 385 g/mol. The molecule has 3 heterocycles. The number of aromatic nitrogens is 6. The van der Waals surface area contributed by atoms with E-state index in [0.29, 0.717) is 27.4 Å². The van der Waals surface area contributed by atoms with Gasteiger partial charge in [0.05, 0.1) is 5.02 Å². The van der Waals surface area contributed by atoms with Crippen LogP contribution in [0.3, 0.4) is 0 Å². The summed E-state index contributed by atoms with van der Waals surface area (Å²) in [6, 6.07) is 7.42. The molecule has 0 aliphatic heterocycles. The largest absolute Gasteiger partial charge is 0.302 e. The first-order valence-corrected chi connectivity index (χ1v) is 9.21. The number of hydrogen-bond donors (Lipinski definition) is 2. The van der Waals surface area contributed by atoms with Crippen molar-refractivity contribution in [3.63, 3.8) is 0 Å². The molecule has 3 aromatic heterocycles. The Bertz CT molecular complexity index is 1130. The van der Waals surface area contributed by atoms with E-state index in [-0.39, 0.29) is 11.8 Å². The SMILES string of the molecule is O=C(Nc1nc2[nH]nc(-n3cnnc3-c3ccccc3Cl)c2s1)C1CC1. The number of aromatic amines is 1. The molecule has 0 saturated heterocycles. The Morgan fingerprint density at radius 1 is 1.35 bits per heavy atom. The van der Waals surface area contributed by atoms with Crippen molar-refractivity contribution in [3.05, 3.63) is 35.6 Å². The van der Waals surface area contributed by atoms with Gasteiger partial charge in [-0.3, -0.25) is 14.5 Å². The van der Waals surface area contributed by atoms with Crippen molar-refractivity contribution < 1.29 is 4.79 Å². The predicted molar refractivity (Wildman–Crippen MR) is 98.5 cm³/mol.